The average molecular weight is 465 g/mol. The second-order valence-electron chi connectivity index (χ2n) is 7.80. The van der Waals surface area contributed by atoms with Gasteiger partial charge in [0.1, 0.15) is 11.9 Å². The summed E-state index contributed by atoms with van der Waals surface area (Å²) in [5.41, 5.74) is 0. The van der Waals surface area contributed by atoms with E-state index in [1.54, 1.807) is 0 Å². The van der Waals surface area contributed by atoms with Crippen molar-refractivity contribution in [2.75, 3.05) is 6.61 Å². The molecule has 0 amide bonds. The molecule has 0 saturated carbocycles. The van der Waals surface area contributed by atoms with Gasteiger partial charge in [-0.3, -0.25) is 4.79 Å². The molecule has 1 aliphatic heterocycles. The third kappa shape index (κ3) is 16.9. The number of Topliss-reactive ketones (excluding diaryl/α,β-unsaturated/α-hetero) is 1. The number of hydrogen-bond acceptors (Lipinski definition) is 5. The lowest BCUT2D eigenvalue weighted by Gasteiger charge is -2.04. The molecule has 0 aromatic heterocycles. The molecular weight excluding hydrogens is 424 g/mol. The Morgan fingerprint density at radius 2 is 1.34 bits per heavy atom. The minimum Gasteiger partial charge on any atom is -0.300 e. The minimum absolute atomic E-state index is 0.0167. The highest BCUT2D eigenvalue weighted by molar-refractivity contribution is 7.82. The van der Waals surface area contributed by atoms with Crippen LogP contribution in [-0.4, -0.2) is 26.9 Å². The fraction of sp³-hybridized carbons (Fsp3) is 0.577. The van der Waals surface area contributed by atoms with Crippen molar-refractivity contribution in [3.05, 3.63) is 60.8 Å². The fourth-order valence-electron chi connectivity index (χ4n) is 3.09. The molecule has 0 bridgehead atoms. The lowest BCUT2D eigenvalue weighted by atomic mass is 10.0. The monoisotopic (exact) mass is 464 g/mol. The summed E-state index contributed by atoms with van der Waals surface area (Å²) in [5.74, 6) is 0.160. The van der Waals surface area contributed by atoms with Crippen LogP contribution in [0.1, 0.15) is 84.0 Å². The Balaban J connectivity index is 1.90. The van der Waals surface area contributed by atoms with Crippen LogP contribution in [0.2, 0.25) is 0 Å². The summed E-state index contributed by atoms with van der Waals surface area (Å²) in [4.78, 5) is 11.9. The van der Waals surface area contributed by atoms with Crippen LogP contribution in [0.5, 0.6) is 0 Å². The van der Waals surface area contributed by atoms with E-state index < -0.39 is 16.5 Å². The standard InChI is InChI=1S/C26H40O5S/c1-2-3-4-5-6-7-8-9-10-11-12-13-14-15-16-17-18-19-20-21-25(27)22-23-26-24-30-32(28,29)31-26/h3-4,6-7,9-10,12-13,15-16,26H,2,5,8,11,14,17-24H2,1H3/b4-3-,7-6-,10-9-,13-12-,16-15-. The predicted molar refractivity (Wildman–Crippen MR) is 132 cm³/mol. The molecular formula is C26H40O5S. The van der Waals surface area contributed by atoms with Gasteiger partial charge in [-0.25, -0.2) is 8.37 Å². The maximum atomic E-state index is 11.9. The van der Waals surface area contributed by atoms with Crippen LogP contribution in [0.3, 0.4) is 0 Å². The van der Waals surface area contributed by atoms with Gasteiger partial charge < -0.3 is 0 Å². The van der Waals surface area contributed by atoms with Gasteiger partial charge in [-0.2, -0.15) is 8.42 Å². The first-order valence-corrected chi connectivity index (χ1v) is 13.2. The molecule has 5 nitrogen and oxygen atoms in total. The average Bonchev–Trinajstić information content (AvgIpc) is 3.12. The summed E-state index contributed by atoms with van der Waals surface area (Å²) < 4.78 is 31.2. The fourth-order valence-corrected chi connectivity index (χ4v) is 3.95. The second-order valence-corrected chi connectivity index (χ2v) is 9.04. The second kappa shape index (κ2) is 18.8. The van der Waals surface area contributed by atoms with E-state index in [9.17, 15) is 13.2 Å². The number of ketones is 1. The van der Waals surface area contributed by atoms with Gasteiger partial charge in [0.25, 0.3) is 0 Å². The smallest absolute Gasteiger partial charge is 0.300 e. The minimum atomic E-state index is -3.82. The topological polar surface area (TPSA) is 69.7 Å². The molecule has 1 unspecified atom stereocenters. The first-order chi connectivity index (χ1) is 15.5. The number of carbonyl (C=O) groups excluding carboxylic acids is 1. The van der Waals surface area contributed by atoms with Crippen molar-refractivity contribution >= 4 is 16.2 Å². The Bertz CT molecular complexity index is 744. The lowest BCUT2D eigenvalue weighted by Crippen LogP contribution is -2.12. The molecule has 0 aliphatic carbocycles. The molecule has 0 N–H and O–H groups in total. The maximum Gasteiger partial charge on any atom is 0.400 e. The molecule has 0 aromatic carbocycles. The van der Waals surface area contributed by atoms with Crippen LogP contribution in [0.4, 0.5) is 0 Å². The van der Waals surface area contributed by atoms with Crippen molar-refractivity contribution in [3.8, 4) is 0 Å². The van der Waals surface area contributed by atoms with E-state index in [0.717, 1.165) is 57.8 Å². The van der Waals surface area contributed by atoms with E-state index in [1.165, 1.54) is 0 Å². The Hall–Kier alpha value is -1.76. The molecule has 1 aliphatic rings. The number of carbonyl (C=O) groups is 1. The third-order valence-corrected chi connectivity index (χ3v) is 5.81. The molecule has 6 heteroatoms. The number of hydrogen-bond donors (Lipinski definition) is 0. The van der Waals surface area contributed by atoms with Gasteiger partial charge in [0, 0.05) is 12.8 Å². The van der Waals surface area contributed by atoms with Crippen molar-refractivity contribution in [3.63, 3.8) is 0 Å². The van der Waals surface area contributed by atoms with E-state index in [-0.39, 0.29) is 12.4 Å². The van der Waals surface area contributed by atoms with Crippen LogP contribution in [0.25, 0.3) is 0 Å². The maximum absolute atomic E-state index is 11.9. The van der Waals surface area contributed by atoms with Gasteiger partial charge in [0.2, 0.25) is 0 Å². The summed E-state index contributed by atoms with van der Waals surface area (Å²) in [7, 11) is -3.82. The molecule has 1 atom stereocenters. The summed E-state index contributed by atoms with van der Waals surface area (Å²) in [5, 5.41) is 0. The van der Waals surface area contributed by atoms with Crippen LogP contribution in [0.15, 0.2) is 60.8 Å². The van der Waals surface area contributed by atoms with Crippen LogP contribution < -0.4 is 0 Å². The summed E-state index contributed by atoms with van der Waals surface area (Å²) in [6, 6.07) is 0. The molecule has 180 valence electrons. The zero-order valence-corrected chi connectivity index (χ0v) is 20.3. The van der Waals surface area contributed by atoms with Gasteiger partial charge in [-0.05, 0) is 57.8 Å². The molecule has 1 saturated heterocycles. The van der Waals surface area contributed by atoms with Crippen molar-refractivity contribution in [2.45, 2.75) is 90.1 Å². The highest BCUT2D eigenvalue weighted by Gasteiger charge is 2.29. The van der Waals surface area contributed by atoms with Crippen LogP contribution >= 0.6 is 0 Å². The summed E-state index contributed by atoms with van der Waals surface area (Å²) in [6.07, 6.45) is 31.8. The number of allylic oxidation sites excluding steroid dienone is 10. The SMILES string of the molecule is CC/C=C\C/C=C\C/C=C\C/C=C\C/C=C\CCCCCC(=O)CCC1COS(=O)(=O)O1. The van der Waals surface area contributed by atoms with Crippen LogP contribution in [0, 0.1) is 0 Å². The van der Waals surface area contributed by atoms with E-state index >= 15 is 0 Å². The molecule has 1 heterocycles. The van der Waals surface area contributed by atoms with Gasteiger partial charge in [0.05, 0.1) is 6.61 Å². The van der Waals surface area contributed by atoms with Gasteiger partial charge in [-0.1, -0.05) is 74.1 Å². The van der Waals surface area contributed by atoms with Crippen molar-refractivity contribution < 1.29 is 21.6 Å². The zero-order chi connectivity index (χ0) is 23.3. The molecule has 1 fully saturated rings. The summed E-state index contributed by atoms with van der Waals surface area (Å²) >= 11 is 0. The number of unbranched alkanes of at least 4 members (excludes halogenated alkanes) is 3. The van der Waals surface area contributed by atoms with E-state index in [4.69, 9.17) is 4.18 Å². The highest BCUT2D eigenvalue weighted by atomic mass is 32.3. The Morgan fingerprint density at radius 3 is 1.88 bits per heavy atom. The highest BCUT2D eigenvalue weighted by Crippen LogP contribution is 2.18. The molecule has 0 aromatic rings. The molecule has 1 rings (SSSR count). The molecule has 32 heavy (non-hydrogen) atoms. The van der Waals surface area contributed by atoms with Gasteiger partial charge in [0.15, 0.2) is 0 Å². The quantitative estimate of drug-likeness (QED) is 0.167. The largest absolute Gasteiger partial charge is 0.400 e. The molecule has 0 radical (unpaired) electrons. The van der Waals surface area contributed by atoms with Crippen molar-refractivity contribution in [2.24, 2.45) is 0 Å². The van der Waals surface area contributed by atoms with E-state index in [2.05, 4.69) is 71.9 Å². The lowest BCUT2D eigenvalue weighted by molar-refractivity contribution is -0.119. The normalized spacial score (nSPS) is 19.0. The Kier molecular flexibility index (Phi) is 16.6. The first-order valence-electron chi connectivity index (χ1n) is 11.9. The van der Waals surface area contributed by atoms with Crippen LogP contribution in [-0.2, 0) is 23.6 Å². The summed E-state index contributed by atoms with van der Waals surface area (Å²) in [6.45, 7) is 2.16. The van der Waals surface area contributed by atoms with Gasteiger partial charge in [-0.15, -0.1) is 0 Å². The zero-order valence-electron chi connectivity index (χ0n) is 19.5. The molecule has 0 spiro atoms. The van der Waals surface area contributed by atoms with E-state index in [0.29, 0.717) is 19.3 Å². The first kappa shape index (κ1) is 28.3. The third-order valence-electron chi connectivity index (χ3n) is 4.88. The number of rotatable bonds is 18. The Morgan fingerprint density at radius 1 is 0.781 bits per heavy atom. The van der Waals surface area contributed by atoms with E-state index in [1.807, 2.05) is 0 Å². The van der Waals surface area contributed by atoms with Crippen molar-refractivity contribution in [1.29, 1.82) is 0 Å². The predicted octanol–water partition coefficient (Wildman–Crippen LogP) is 6.70. The van der Waals surface area contributed by atoms with Gasteiger partial charge >= 0.3 is 10.4 Å². The van der Waals surface area contributed by atoms with Crippen molar-refractivity contribution in [1.82, 2.24) is 0 Å². The Labute approximate surface area is 195 Å².